The molecule has 156 valence electrons. The molecule has 2 atom stereocenters. The largest absolute Gasteiger partial charge is 0.380 e. The van der Waals surface area contributed by atoms with E-state index in [0.29, 0.717) is 0 Å². The first kappa shape index (κ1) is 20.8. The van der Waals surface area contributed by atoms with Crippen LogP contribution in [0.15, 0.2) is 78.9 Å². The molecule has 0 aromatic heterocycles. The molecule has 3 aromatic carbocycles. The first-order valence-corrected chi connectivity index (χ1v) is 10.8. The Balaban J connectivity index is 1.86. The molecular formula is C27H31NO2. The number of nitrogens with zero attached hydrogens (tertiary/aromatic N) is 1. The number of ether oxygens (including phenoxy) is 1. The SMILES string of the molecule is Cc1ccc([C@](O)(c2cccc(C)c2)[C@@H](CN2CCOCC2)c2ccccc2)cc1. The number of benzene rings is 3. The highest BCUT2D eigenvalue weighted by molar-refractivity contribution is 5.44. The highest BCUT2D eigenvalue weighted by atomic mass is 16.5. The molecule has 0 saturated carbocycles. The Morgan fingerprint density at radius 1 is 0.833 bits per heavy atom. The third-order valence-electron chi connectivity index (χ3n) is 6.20. The average Bonchev–Trinajstić information content (AvgIpc) is 2.79. The predicted molar refractivity (Wildman–Crippen MR) is 122 cm³/mol. The number of aryl methyl sites for hydroxylation is 2. The molecule has 1 aliphatic rings. The van der Waals surface area contributed by atoms with Gasteiger partial charge >= 0.3 is 0 Å². The van der Waals surface area contributed by atoms with Crippen molar-refractivity contribution in [2.24, 2.45) is 0 Å². The van der Waals surface area contributed by atoms with E-state index in [1.807, 2.05) is 12.1 Å². The fraction of sp³-hybridized carbons (Fsp3) is 0.333. The second-order valence-corrected chi connectivity index (χ2v) is 8.38. The van der Waals surface area contributed by atoms with Gasteiger partial charge in [0, 0.05) is 25.6 Å². The van der Waals surface area contributed by atoms with Crippen LogP contribution in [0.4, 0.5) is 0 Å². The third-order valence-corrected chi connectivity index (χ3v) is 6.20. The summed E-state index contributed by atoms with van der Waals surface area (Å²) < 4.78 is 5.57. The summed E-state index contributed by atoms with van der Waals surface area (Å²) in [5.41, 5.74) is 4.22. The first-order valence-electron chi connectivity index (χ1n) is 10.8. The van der Waals surface area contributed by atoms with Crippen molar-refractivity contribution in [3.05, 3.63) is 107 Å². The topological polar surface area (TPSA) is 32.7 Å². The van der Waals surface area contributed by atoms with Crippen LogP contribution in [0.2, 0.25) is 0 Å². The number of hydrogen-bond acceptors (Lipinski definition) is 3. The molecule has 1 N–H and O–H groups in total. The van der Waals surface area contributed by atoms with Gasteiger partial charge in [-0.1, -0.05) is 90.0 Å². The van der Waals surface area contributed by atoms with Crippen molar-refractivity contribution in [1.29, 1.82) is 0 Å². The lowest BCUT2D eigenvalue weighted by atomic mass is 9.72. The van der Waals surface area contributed by atoms with Gasteiger partial charge in [0.05, 0.1) is 13.2 Å². The van der Waals surface area contributed by atoms with Gasteiger partial charge in [-0.25, -0.2) is 0 Å². The predicted octanol–water partition coefficient (Wildman–Crippen LogP) is 4.66. The van der Waals surface area contributed by atoms with Gasteiger partial charge in [0.1, 0.15) is 5.60 Å². The van der Waals surface area contributed by atoms with E-state index in [0.717, 1.165) is 55.1 Å². The molecular weight excluding hydrogens is 370 g/mol. The van der Waals surface area contributed by atoms with Gasteiger partial charge in [0.2, 0.25) is 0 Å². The summed E-state index contributed by atoms with van der Waals surface area (Å²) in [5.74, 6) is -0.110. The number of rotatable bonds is 6. The van der Waals surface area contributed by atoms with E-state index in [1.165, 1.54) is 5.56 Å². The molecule has 0 aliphatic carbocycles. The summed E-state index contributed by atoms with van der Waals surface area (Å²) in [4.78, 5) is 2.41. The molecule has 1 saturated heterocycles. The van der Waals surface area contributed by atoms with E-state index >= 15 is 0 Å². The Morgan fingerprint density at radius 2 is 1.53 bits per heavy atom. The number of hydrogen-bond donors (Lipinski definition) is 1. The fourth-order valence-electron chi connectivity index (χ4n) is 4.46. The van der Waals surface area contributed by atoms with Crippen LogP contribution in [0, 0.1) is 13.8 Å². The Morgan fingerprint density at radius 3 is 2.20 bits per heavy atom. The van der Waals surface area contributed by atoms with E-state index in [2.05, 4.69) is 85.5 Å². The van der Waals surface area contributed by atoms with Crippen molar-refractivity contribution in [2.45, 2.75) is 25.4 Å². The van der Waals surface area contributed by atoms with E-state index in [4.69, 9.17) is 4.74 Å². The summed E-state index contributed by atoms with van der Waals surface area (Å²) in [6.07, 6.45) is 0. The maximum Gasteiger partial charge on any atom is 0.123 e. The van der Waals surface area contributed by atoms with Crippen molar-refractivity contribution in [3.63, 3.8) is 0 Å². The first-order chi connectivity index (χ1) is 14.6. The summed E-state index contributed by atoms with van der Waals surface area (Å²) in [6, 6.07) is 27.1. The lowest BCUT2D eigenvalue weighted by Gasteiger charge is -2.41. The normalized spacial score (nSPS) is 18.0. The van der Waals surface area contributed by atoms with Gasteiger partial charge in [0.15, 0.2) is 0 Å². The highest BCUT2D eigenvalue weighted by Gasteiger charge is 2.42. The van der Waals surface area contributed by atoms with E-state index in [-0.39, 0.29) is 5.92 Å². The smallest absolute Gasteiger partial charge is 0.123 e. The van der Waals surface area contributed by atoms with E-state index in [1.54, 1.807) is 0 Å². The minimum Gasteiger partial charge on any atom is -0.380 e. The van der Waals surface area contributed by atoms with Crippen molar-refractivity contribution in [1.82, 2.24) is 4.90 Å². The molecule has 0 bridgehead atoms. The molecule has 3 aromatic rings. The zero-order valence-corrected chi connectivity index (χ0v) is 17.9. The summed E-state index contributed by atoms with van der Waals surface area (Å²) in [6.45, 7) is 8.20. The van der Waals surface area contributed by atoms with Crippen molar-refractivity contribution in [2.75, 3.05) is 32.8 Å². The van der Waals surface area contributed by atoms with Crippen LogP contribution in [0.1, 0.15) is 33.7 Å². The second kappa shape index (κ2) is 9.13. The molecule has 0 radical (unpaired) electrons. The summed E-state index contributed by atoms with van der Waals surface area (Å²) in [7, 11) is 0. The number of morpholine rings is 1. The van der Waals surface area contributed by atoms with Crippen LogP contribution in [-0.4, -0.2) is 42.9 Å². The standard InChI is InChI=1S/C27H31NO2/c1-21-11-13-24(14-12-21)27(29,25-10-6-7-22(2)19-25)26(23-8-4-3-5-9-23)20-28-15-17-30-18-16-28/h3-14,19,26,29H,15-18,20H2,1-2H3/t26-,27-/m0/s1. The van der Waals surface area contributed by atoms with E-state index in [9.17, 15) is 5.11 Å². The van der Waals surface area contributed by atoms with E-state index < -0.39 is 5.60 Å². The van der Waals surface area contributed by atoms with Gasteiger partial charge in [0.25, 0.3) is 0 Å². The quantitative estimate of drug-likeness (QED) is 0.652. The molecule has 1 heterocycles. The number of aliphatic hydroxyl groups is 1. The van der Waals surface area contributed by atoms with Crippen molar-refractivity contribution in [3.8, 4) is 0 Å². The zero-order chi connectivity index (χ0) is 21.0. The minimum absolute atomic E-state index is 0.110. The molecule has 0 spiro atoms. The van der Waals surface area contributed by atoms with Crippen molar-refractivity contribution >= 4 is 0 Å². The van der Waals surface area contributed by atoms with Crippen molar-refractivity contribution < 1.29 is 9.84 Å². The summed E-state index contributed by atoms with van der Waals surface area (Å²) in [5, 5.41) is 12.6. The molecule has 0 unspecified atom stereocenters. The molecule has 30 heavy (non-hydrogen) atoms. The lowest BCUT2D eigenvalue weighted by Crippen LogP contribution is -2.45. The van der Waals surface area contributed by atoms with Gasteiger partial charge < -0.3 is 9.84 Å². The molecule has 3 nitrogen and oxygen atoms in total. The minimum atomic E-state index is -1.14. The third kappa shape index (κ3) is 4.34. The van der Waals surface area contributed by atoms with Crippen LogP contribution in [0.25, 0.3) is 0 Å². The molecule has 1 aliphatic heterocycles. The Hall–Kier alpha value is -2.46. The monoisotopic (exact) mass is 401 g/mol. The maximum absolute atomic E-state index is 12.6. The highest BCUT2D eigenvalue weighted by Crippen LogP contribution is 2.43. The van der Waals surface area contributed by atoms with Crippen LogP contribution >= 0.6 is 0 Å². The van der Waals surface area contributed by atoms with Gasteiger partial charge in [-0.15, -0.1) is 0 Å². The second-order valence-electron chi connectivity index (χ2n) is 8.38. The average molecular weight is 402 g/mol. The van der Waals surface area contributed by atoms with Gasteiger partial charge in [-0.3, -0.25) is 4.90 Å². The lowest BCUT2D eigenvalue weighted by molar-refractivity contribution is 0.000744. The summed E-state index contributed by atoms with van der Waals surface area (Å²) >= 11 is 0. The Kier molecular flexibility index (Phi) is 6.33. The molecule has 3 heteroatoms. The maximum atomic E-state index is 12.6. The van der Waals surface area contributed by atoms with Crippen LogP contribution in [-0.2, 0) is 10.3 Å². The van der Waals surface area contributed by atoms with Gasteiger partial charge in [-0.2, -0.15) is 0 Å². The Labute approximate surface area is 179 Å². The Bertz CT molecular complexity index is 948. The molecule has 1 fully saturated rings. The van der Waals surface area contributed by atoms with Crippen LogP contribution in [0.5, 0.6) is 0 Å². The fourth-order valence-corrected chi connectivity index (χ4v) is 4.46. The molecule has 4 rings (SSSR count). The van der Waals surface area contributed by atoms with Crippen LogP contribution < -0.4 is 0 Å². The molecule has 0 amide bonds. The van der Waals surface area contributed by atoms with Gasteiger partial charge in [-0.05, 0) is 30.5 Å². The zero-order valence-electron chi connectivity index (χ0n) is 17.9. The van der Waals surface area contributed by atoms with Crippen LogP contribution in [0.3, 0.4) is 0 Å².